The third kappa shape index (κ3) is 10.5. The summed E-state index contributed by atoms with van der Waals surface area (Å²) in [6, 6.07) is 3.93. The van der Waals surface area contributed by atoms with Crippen molar-refractivity contribution in [1.82, 2.24) is 19.6 Å². The van der Waals surface area contributed by atoms with E-state index in [1.54, 1.807) is 32.8 Å². The van der Waals surface area contributed by atoms with Crippen LogP contribution < -0.4 is 0 Å². The number of Topliss-reactive ketones (excluding diaryl/α,β-unsaturated/α-hetero) is 1. The molecule has 12 nitrogen and oxygen atoms in total. The number of cyclic esters (lactones) is 1. The Labute approximate surface area is 324 Å². The number of benzene rings is 1. The van der Waals surface area contributed by atoms with Gasteiger partial charge in [0, 0.05) is 63.9 Å². The number of aliphatic hydroxyl groups excluding tert-OH is 1. The Bertz CT molecular complexity index is 1490. The number of halogens is 3. The first-order valence-electron chi connectivity index (χ1n) is 19.3. The van der Waals surface area contributed by atoms with E-state index in [2.05, 4.69) is 16.7 Å². The first-order chi connectivity index (χ1) is 25.5. The predicted molar refractivity (Wildman–Crippen MR) is 200 cm³/mol. The number of ether oxygens (including phenoxy) is 4. The molecule has 312 valence electrons. The number of carbonyl (C=O) groups is 3. The molecule has 0 aromatic heterocycles. The predicted octanol–water partition coefficient (Wildman–Crippen LogP) is 4.18. The molecule has 1 N–H and O–H groups in total. The number of alkyl halides is 3. The third-order valence-electron chi connectivity index (χ3n) is 11.9. The highest BCUT2D eigenvalue weighted by Gasteiger charge is 2.52. The van der Waals surface area contributed by atoms with Crippen molar-refractivity contribution in [2.24, 2.45) is 17.3 Å². The zero-order valence-corrected chi connectivity index (χ0v) is 34.4. The zero-order valence-electron chi connectivity index (χ0n) is 34.4. The van der Waals surface area contributed by atoms with Crippen molar-refractivity contribution in [2.45, 2.75) is 116 Å². The lowest BCUT2D eigenvalue weighted by atomic mass is 9.74. The van der Waals surface area contributed by atoms with Gasteiger partial charge in [-0.05, 0) is 92.7 Å². The quantitative estimate of drug-likeness (QED) is 0.317. The molecule has 0 saturated carbocycles. The number of carbonyl (C=O) groups excluding carboxylic acids is 3. The van der Waals surface area contributed by atoms with Crippen molar-refractivity contribution in [1.29, 1.82) is 0 Å². The van der Waals surface area contributed by atoms with Crippen LogP contribution in [0.4, 0.5) is 13.2 Å². The highest BCUT2D eigenvalue weighted by atomic mass is 19.4. The molecule has 3 aliphatic heterocycles. The molecule has 10 atom stereocenters. The fourth-order valence-electron chi connectivity index (χ4n) is 8.55. The lowest BCUT2D eigenvalue weighted by Crippen LogP contribution is -2.59. The molecule has 0 radical (unpaired) electrons. The molecule has 0 unspecified atom stereocenters. The number of hydrogen-bond donors (Lipinski definition) is 1. The van der Waals surface area contributed by atoms with Crippen LogP contribution in [0.1, 0.15) is 77.2 Å². The smallest absolute Gasteiger partial charge is 0.416 e. The van der Waals surface area contributed by atoms with Gasteiger partial charge in [-0.15, -0.1) is 0 Å². The van der Waals surface area contributed by atoms with Crippen molar-refractivity contribution in [3.8, 4) is 0 Å². The molecular weight excluding hydrogens is 721 g/mol. The van der Waals surface area contributed by atoms with Crippen molar-refractivity contribution in [2.75, 3.05) is 67.5 Å². The first-order valence-corrected chi connectivity index (χ1v) is 19.3. The summed E-state index contributed by atoms with van der Waals surface area (Å²) in [5.74, 6) is -2.38. The summed E-state index contributed by atoms with van der Waals surface area (Å²) in [6.45, 7) is 15.2. The Hall–Kier alpha value is -2.66. The van der Waals surface area contributed by atoms with E-state index in [9.17, 15) is 32.7 Å². The van der Waals surface area contributed by atoms with Crippen LogP contribution in [0.15, 0.2) is 24.3 Å². The number of hydrogen-bond acceptors (Lipinski definition) is 11. The van der Waals surface area contributed by atoms with Crippen LogP contribution in [0.25, 0.3) is 0 Å². The van der Waals surface area contributed by atoms with Gasteiger partial charge in [0.25, 0.3) is 5.91 Å². The minimum atomic E-state index is -4.55. The number of methoxy groups -OCH3 is 1. The average Bonchev–Trinajstić information content (AvgIpc) is 3.12. The lowest BCUT2D eigenvalue weighted by molar-refractivity contribution is -0.295. The van der Waals surface area contributed by atoms with Gasteiger partial charge in [0.1, 0.15) is 17.6 Å². The van der Waals surface area contributed by atoms with Crippen LogP contribution in [0.5, 0.6) is 0 Å². The average molecular weight is 785 g/mol. The number of piperazine rings is 1. The monoisotopic (exact) mass is 784 g/mol. The SMILES string of the molecule is CO[C@]1(C)C[C@@H](C)CN(C)[C@@H](CN2CCN(C(=O)c3cccc(C(F)(F)F)c3)CC2)[C@H](C)OC(=O)C(C)(C)C(=O)[C@H](C)[C@H]1O[C@@H]1O[C@H](C)C[C@H](N(C)C)[C@H]1O. The van der Waals surface area contributed by atoms with Gasteiger partial charge < -0.3 is 33.9 Å². The summed E-state index contributed by atoms with van der Waals surface area (Å²) in [7, 11) is 7.32. The van der Waals surface area contributed by atoms with Crippen LogP contribution >= 0.6 is 0 Å². The summed E-state index contributed by atoms with van der Waals surface area (Å²) in [5.41, 5.74) is -3.48. The Balaban J connectivity index is 1.56. The van der Waals surface area contributed by atoms with Crippen LogP contribution in [0.2, 0.25) is 0 Å². The molecule has 0 bridgehead atoms. The van der Waals surface area contributed by atoms with Gasteiger partial charge >= 0.3 is 12.1 Å². The molecule has 3 heterocycles. The van der Waals surface area contributed by atoms with E-state index in [1.165, 1.54) is 12.1 Å². The molecule has 55 heavy (non-hydrogen) atoms. The molecule has 4 rings (SSSR count). The maximum atomic E-state index is 14.4. The van der Waals surface area contributed by atoms with E-state index in [0.717, 1.165) is 12.1 Å². The first kappa shape index (κ1) is 45.0. The summed E-state index contributed by atoms with van der Waals surface area (Å²) in [4.78, 5) is 49.4. The molecule has 1 aromatic carbocycles. The van der Waals surface area contributed by atoms with Gasteiger partial charge in [0.2, 0.25) is 0 Å². The highest BCUT2D eigenvalue weighted by Crippen LogP contribution is 2.39. The van der Waals surface area contributed by atoms with Crippen LogP contribution in [0, 0.1) is 17.3 Å². The van der Waals surface area contributed by atoms with E-state index in [-0.39, 0.29) is 35.5 Å². The van der Waals surface area contributed by atoms with Crippen molar-refractivity contribution >= 4 is 17.7 Å². The van der Waals surface area contributed by atoms with Gasteiger partial charge in [-0.2, -0.15) is 13.2 Å². The number of ketones is 1. The number of rotatable bonds is 7. The number of nitrogens with zero attached hydrogens (tertiary/aromatic N) is 4. The fraction of sp³-hybridized carbons (Fsp3) is 0.775. The second-order valence-corrected chi connectivity index (χ2v) is 17.0. The molecule has 3 fully saturated rings. The molecule has 0 spiro atoms. The molecule has 3 aliphatic rings. The fourth-order valence-corrected chi connectivity index (χ4v) is 8.55. The van der Waals surface area contributed by atoms with E-state index < -0.39 is 65.2 Å². The Kier molecular flexibility index (Phi) is 14.6. The maximum Gasteiger partial charge on any atom is 0.416 e. The number of esters is 1. The Morgan fingerprint density at radius 1 is 1.05 bits per heavy atom. The molecule has 15 heteroatoms. The van der Waals surface area contributed by atoms with Crippen molar-refractivity contribution in [3.05, 3.63) is 35.4 Å². The minimum Gasteiger partial charge on any atom is -0.460 e. The maximum absolute atomic E-state index is 14.4. The molecule has 1 aromatic rings. The second kappa shape index (κ2) is 17.9. The summed E-state index contributed by atoms with van der Waals surface area (Å²) < 4.78 is 65.1. The Morgan fingerprint density at radius 3 is 2.27 bits per heavy atom. The van der Waals surface area contributed by atoms with Gasteiger partial charge in [0.15, 0.2) is 12.1 Å². The van der Waals surface area contributed by atoms with Gasteiger partial charge in [-0.3, -0.25) is 24.2 Å². The normalized spacial score (nSPS) is 35.1. The van der Waals surface area contributed by atoms with Gasteiger partial charge in [-0.1, -0.05) is 19.9 Å². The third-order valence-corrected chi connectivity index (χ3v) is 11.9. The van der Waals surface area contributed by atoms with Crippen LogP contribution in [-0.4, -0.2) is 158 Å². The summed E-state index contributed by atoms with van der Waals surface area (Å²) in [6.07, 6.45) is -7.27. The van der Waals surface area contributed by atoms with Gasteiger partial charge in [0.05, 0.1) is 29.4 Å². The van der Waals surface area contributed by atoms with Crippen molar-refractivity contribution < 1.29 is 51.6 Å². The zero-order chi connectivity index (χ0) is 41.2. The molecule has 0 aliphatic carbocycles. The van der Waals surface area contributed by atoms with E-state index >= 15 is 0 Å². The van der Waals surface area contributed by atoms with E-state index in [1.807, 2.05) is 46.8 Å². The number of aliphatic hydroxyl groups is 1. The molecular formula is C40H63F3N4O8. The standard InChI is InChI=1S/C40H63F3N4O8/c1-24-21-39(7,52-11)34(55-36-32(48)30(44(8)9)19-25(2)53-36)26(3)33(49)38(5,6)37(51)54-27(4)31(45(10)22-24)23-46-15-17-47(18-16-46)35(50)28-13-12-14-29(20-28)40(41,42)43/h12-14,20,24-27,30-32,34,36,48H,15-19,21-23H2,1-11H3/t24-,25-,26+,27+,30+,31+,32-,34-,36+,39-/m1/s1. The number of likely N-dealkylation sites (N-methyl/N-ethyl adjacent to an activating group) is 2. The molecule has 1 amide bonds. The van der Waals surface area contributed by atoms with E-state index in [4.69, 9.17) is 18.9 Å². The number of amides is 1. The largest absolute Gasteiger partial charge is 0.460 e. The topological polar surface area (TPSA) is 121 Å². The summed E-state index contributed by atoms with van der Waals surface area (Å²) >= 11 is 0. The second-order valence-electron chi connectivity index (χ2n) is 17.0. The van der Waals surface area contributed by atoms with E-state index in [0.29, 0.717) is 52.1 Å². The highest BCUT2D eigenvalue weighted by molar-refractivity contribution is 6.04. The minimum absolute atomic E-state index is 0.00454. The molecule has 3 saturated heterocycles. The van der Waals surface area contributed by atoms with Crippen LogP contribution in [-0.2, 0) is 34.7 Å². The Morgan fingerprint density at radius 2 is 1.69 bits per heavy atom. The van der Waals surface area contributed by atoms with Gasteiger partial charge in [-0.25, -0.2) is 0 Å². The van der Waals surface area contributed by atoms with Crippen molar-refractivity contribution in [3.63, 3.8) is 0 Å². The van der Waals surface area contributed by atoms with Crippen LogP contribution in [0.3, 0.4) is 0 Å². The summed E-state index contributed by atoms with van der Waals surface area (Å²) in [5, 5.41) is 11.4. The lowest BCUT2D eigenvalue weighted by Gasteiger charge is -2.47.